The minimum absolute atomic E-state index is 0.172. The molecular weight excluding hydrogens is 378 g/mol. The van der Waals surface area contributed by atoms with E-state index in [1.165, 1.54) is 6.33 Å². The van der Waals surface area contributed by atoms with E-state index in [1.807, 2.05) is 43.3 Å². The summed E-state index contributed by atoms with van der Waals surface area (Å²) in [4.78, 5) is 21.7. The Bertz CT molecular complexity index is 1030. The van der Waals surface area contributed by atoms with Crippen LogP contribution in [-0.2, 0) is 0 Å². The molecule has 3 aromatic rings. The molecule has 1 aliphatic rings. The number of aromatic nitrogens is 2. The third-order valence-corrected chi connectivity index (χ3v) is 5.16. The molecule has 0 aliphatic carbocycles. The Kier molecular flexibility index (Phi) is 5.90. The zero-order valence-electron chi connectivity index (χ0n) is 16.9. The molecule has 1 aliphatic heterocycles. The minimum atomic E-state index is -0.205. The molecule has 154 valence electrons. The highest BCUT2D eigenvalue weighted by molar-refractivity contribution is 6.15. The molecule has 0 radical (unpaired) electrons. The fraction of sp³-hybridized carbons (Fsp3) is 0.261. The quantitative estimate of drug-likeness (QED) is 0.541. The van der Waals surface area contributed by atoms with Crippen LogP contribution in [0, 0.1) is 6.92 Å². The van der Waals surface area contributed by atoms with Crippen molar-refractivity contribution in [2.75, 3.05) is 24.1 Å². The van der Waals surface area contributed by atoms with Crippen LogP contribution in [-0.4, -0.2) is 34.9 Å². The minimum Gasteiger partial charge on any atom is -0.457 e. The van der Waals surface area contributed by atoms with Gasteiger partial charge in [0.15, 0.2) is 0 Å². The van der Waals surface area contributed by atoms with Crippen LogP contribution in [0.3, 0.4) is 0 Å². The molecule has 0 saturated carbocycles. The van der Waals surface area contributed by atoms with E-state index >= 15 is 0 Å². The van der Waals surface area contributed by atoms with Gasteiger partial charge >= 0.3 is 0 Å². The third-order valence-electron chi connectivity index (χ3n) is 5.16. The Morgan fingerprint density at radius 2 is 2.00 bits per heavy atom. The van der Waals surface area contributed by atoms with Crippen LogP contribution < -0.4 is 21.1 Å². The van der Waals surface area contributed by atoms with E-state index in [0.717, 1.165) is 37.2 Å². The Morgan fingerprint density at radius 3 is 2.73 bits per heavy atom. The molecule has 30 heavy (non-hydrogen) atoms. The molecule has 7 nitrogen and oxygen atoms in total. The summed E-state index contributed by atoms with van der Waals surface area (Å²) in [5, 5.41) is 6.71. The van der Waals surface area contributed by atoms with Crippen molar-refractivity contribution in [1.82, 2.24) is 15.3 Å². The van der Waals surface area contributed by atoms with Gasteiger partial charge in [-0.1, -0.05) is 18.2 Å². The highest BCUT2D eigenvalue weighted by atomic mass is 16.5. The van der Waals surface area contributed by atoms with Crippen molar-refractivity contribution in [1.29, 1.82) is 0 Å². The zero-order valence-corrected chi connectivity index (χ0v) is 16.9. The summed E-state index contributed by atoms with van der Waals surface area (Å²) in [5.41, 5.74) is 7.74. The van der Waals surface area contributed by atoms with E-state index in [1.54, 1.807) is 12.1 Å². The van der Waals surface area contributed by atoms with Gasteiger partial charge in [-0.15, -0.1) is 0 Å². The monoisotopic (exact) mass is 403 g/mol. The van der Waals surface area contributed by atoms with Crippen molar-refractivity contribution in [3.63, 3.8) is 0 Å². The van der Waals surface area contributed by atoms with Crippen molar-refractivity contribution < 1.29 is 9.53 Å². The molecule has 2 heterocycles. The largest absolute Gasteiger partial charge is 0.457 e. The van der Waals surface area contributed by atoms with Gasteiger partial charge in [-0.05, 0) is 62.2 Å². The molecule has 1 unspecified atom stereocenters. The molecule has 0 bridgehead atoms. The van der Waals surface area contributed by atoms with E-state index in [2.05, 4.69) is 20.6 Å². The van der Waals surface area contributed by atoms with Crippen LogP contribution in [0.15, 0.2) is 54.9 Å². The second-order valence-corrected chi connectivity index (χ2v) is 7.39. The van der Waals surface area contributed by atoms with Crippen LogP contribution in [0.1, 0.15) is 34.3 Å². The molecule has 1 saturated heterocycles. The number of carbonyl (C=O) groups excluding carboxylic acids is 1. The standard InChI is InChI=1S/C23H25N5O2/c1-15-12-18(30-17-7-3-2-4-8-17)9-10-19(15)21(29)20-22(24)26-14-27-23(20)28-16-6-5-11-25-13-16/h2-4,7-10,12,14,16,25H,5-6,11,13H2,1H3,(H3,24,26,27,28). The van der Waals surface area contributed by atoms with E-state index in [0.29, 0.717) is 22.7 Å². The lowest BCUT2D eigenvalue weighted by Crippen LogP contribution is -2.39. The number of hydrogen-bond acceptors (Lipinski definition) is 7. The first-order chi connectivity index (χ1) is 14.6. The van der Waals surface area contributed by atoms with Crippen molar-refractivity contribution >= 4 is 17.4 Å². The number of nitrogen functional groups attached to an aromatic ring is 1. The molecule has 1 atom stereocenters. The Labute approximate surface area is 175 Å². The molecule has 4 N–H and O–H groups in total. The maximum absolute atomic E-state index is 13.4. The van der Waals surface area contributed by atoms with Gasteiger partial charge in [0.25, 0.3) is 0 Å². The second kappa shape index (κ2) is 8.92. The van der Waals surface area contributed by atoms with E-state index < -0.39 is 0 Å². The normalized spacial score (nSPS) is 16.1. The predicted octanol–water partition coefficient (Wildman–Crippen LogP) is 3.55. The van der Waals surface area contributed by atoms with Crippen LogP contribution in [0.2, 0.25) is 0 Å². The van der Waals surface area contributed by atoms with Crippen LogP contribution in [0.5, 0.6) is 11.5 Å². The van der Waals surface area contributed by atoms with Crippen molar-refractivity contribution in [3.8, 4) is 11.5 Å². The summed E-state index contributed by atoms with van der Waals surface area (Å²) < 4.78 is 5.87. The van der Waals surface area contributed by atoms with E-state index in [4.69, 9.17) is 10.5 Å². The molecular formula is C23H25N5O2. The first-order valence-electron chi connectivity index (χ1n) is 10.1. The number of rotatable bonds is 6. The van der Waals surface area contributed by atoms with Crippen molar-refractivity contribution in [3.05, 3.63) is 71.5 Å². The molecule has 0 amide bonds. The fourth-order valence-corrected chi connectivity index (χ4v) is 3.61. The molecule has 1 aromatic heterocycles. The van der Waals surface area contributed by atoms with Gasteiger partial charge in [0.05, 0.1) is 0 Å². The molecule has 4 rings (SSSR count). The lowest BCUT2D eigenvalue weighted by Gasteiger charge is -2.25. The number of nitrogens with zero attached hydrogens (tertiary/aromatic N) is 2. The number of aryl methyl sites for hydroxylation is 1. The number of nitrogens with two attached hydrogens (primary N) is 1. The van der Waals surface area contributed by atoms with E-state index in [9.17, 15) is 4.79 Å². The topological polar surface area (TPSA) is 102 Å². The van der Waals surface area contributed by atoms with Crippen LogP contribution >= 0.6 is 0 Å². The number of nitrogens with one attached hydrogen (secondary N) is 2. The lowest BCUT2D eigenvalue weighted by atomic mass is 9.98. The average Bonchev–Trinajstić information content (AvgIpc) is 2.75. The summed E-state index contributed by atoms with van der Waals surface area (Å²) >= 11 is 0. The van der Waals surface area contributed by atoms with Gasteiger partial charge in [0.1, 0.15) is 35.0 Å². The predicted molar refractivity (Wildman–Crippen MR) is 117 cm³/mol. The number of para-hydroxylation sites is 1. The fourth-order valence-electron chi connectivity index (χ4n) is 3.61. The summed E-state index contributed by atoms with van der Waals surface area (Å²) in [6.07, 6.45) is 3.47. The Hall–Kier alpha value is -3.45. The Balaban J connectivity index is 1.59. The average molecular weight is 403 g/mol. The molecule has 0 spiro atoms. The van der Waals surface area contributed by atoms with Gasteiger partial charge < -0.3 is 21.1 Å². The van der Waals surface area contributed by atoms with Gasteiger partial charge in [0, 0.05) is 18.2 Å². The SMILES string of the molecule is Cc1cc(Oc2ccccc2)ccc1C(=O)c1c(N)ncnc1NC1CCCNC1. The first kappa shape index (κ1) is 19.8. The number of hydrogen-bond donors (Lipinski definition) is 3. The number of carbonyl (C=O) groups is 1. The molecule has 2 aromatic carbocycles. The van der Waals surface area contributed by atoms with Crippen molar-refractivity contribution in [2.45, 2.75) is 25.8 Å². The number of ether oxygens (including phenoxy) is 1. The Morgan fingerprint density at radius 1 is 1.17 bits per heavy atom. The number of benzene rings is 2. The van der Waals surface area contributed by atoms with Crippen molar-refractivity contribution in [2.24, 2.45) is 0 Å². The molecule has 7 heteroatoms. The number of piperidine rings is 1. The summed E-state index contributed by atoms with van der Waals surface area (Å²) in [7, 11) is 0. The summed E-state index contributed by atoms with van der Waals surface area (Å²) in [5.74, 6) is 1.85. The number of anilines is 2. The lowest BCUT2D eigenvalue weighted by molar-refractivity contribution is 0.103. The highest BCUT2D eigenvalue weighted by Gasteiger charge is 2.23. The highest BCUT2D eigenvalue weighted by Crippen LogP contribution is 2.28. The number of ketones is 1. The van der Waals surface area contributed by atoms with E-state index in [-0.39, 0.29) is 17.6 Å². The van der Waals surface area contributed by atoms with Crippen LogP contribution in [0.25, 0.3) is 0 Å². The third kappa shape index (κ3) is 4.41. The molecule has 1 fully saturated rings. The van der Waals surface area contributed by atoms with Gasteiger partial charge in [0.2, 0.25) is 5.78 Å². The smallest absolute Gasteiger partial charge is 0.200 e. The second-order valence-electron chi connectivity index (χ2n) is 7.39. The maximum atomic E-state index is 13.4. The van der Waals surface area contributed by atoms with Gasteiger partial charge in [-0.2, -0.15) is 0 Å². The van der Waals surface area contributed by atoms with Gasteiger partial charge in [-0.3, -0.25) is 4.79 Å². The summed E-state index contributed by atoms with van der Waals surface area (Å²) in [6, 6.07) is 15.1. The van der Waals surface area contributed by atoms with Gasteiger partial charge in [-0.25, -0.2) is 9.97 Å². The zero-order chi connectivity index (χ0) is 20.9. The van der Waals surface area contributed by atoms with Crippen LogP contribution in [0.4, 0.5) is 11.6 Å². The first-order valence-corrected chi connectivity index (χ1v) is 10.1. The maximum Gasteiger partial charge on any atom is 0.200 e. The summed E-state index contributed by atoms with van der Waals surface area (Å²) in [6.45, 7) is 3.71.